The van der Waals surface area contributed by atoms with E-state index >= 15 is 0 Å². The van der Waals surface area contributed by atoms with Gasteiger partial charge in [-0.15, -0.1) is 0 Å². The first-order valence-electron chi connectivity index (χ1n) is 11.0. The summed E-state index contributed by atoms with van der Waals surface area (Å²) in [5.74, 6) is 0.519. The Balaban J connectivity index is 1.92. The van der Waals surface area contributed by atoms with Crippen molar-refractivity contribution in [3.05, 3.63) is 106 Å². The fourth-order valence-electron chi connectivity index (χ4n) is 4.00. The average Bonchev–Trinajstić information content (AvgIpc) is 2.82. The maximum absolute atomic E-state index is 13.6. The van der Waals surface area contributed by atoms with Gasteiger partial charge in [0, 0.05) is 6.54 Å². The molecule has 6 heteroatoms. The molecule has 5 nitrogen and oxygen atoms in total. The van der Waals surface area contributed by atoms with Gasteiger partial charge in [0.05, 0.1) is 33.2 Å². The largest absolute Gasteiger partial charge is 0.328 e. The van der Waals surface area contributed by atoms with Gasteiger partial charge in [-0.05, 0) is 49.2 Å². The van der Waals surface area contributed by atoms with Crippen LogP contribution in [0.5, 0.6) is 0 Å². The number of nitrogens with zero attached hydrogens (tertiary/aromatic N) is 3. The van der Waals surface area contributed by atoms with E-state index < -0.39 is 6.04 Å². The quantitative estimate of drug-likeness (QED) is 0.360. The lowest BCUT2D eigenvalue weighted by Gasteiger charge is -2.32. The van der Waals surface area contributed by atoms with Gasteiger partial charge in [0.1, 0.15) is 5.82 Å². The van der Waals surface area contributed by atoms with Crippen LogP contribution in [0.4, 0.5) is 0 Å². The van der Waals surface area contributed by atoms with Crippen LogP contribution in [0.15, 0.2) is 83.7 Å². The smallest absolute Gasteiger partial charge is 0.266 e. The average molecular weight is 460 g/mol. The number of aromatic nitrogens is 2. The first kappa shape index (κ1) is 22.7. The van der Waals surface area contributed by atoms with E-state index in [1.807, 2.05) is 55.5 Å². The summed E-state index contributed by atoms with van der Waals surface area (Å²) in [6.07, 6.45) is 0. The maximum Gasteiger partial charge on any atom is 0.266 e. The first-order chi connectivity index (χ1) is 15.9. The third-order valence-corrected chi connectivity index (χ3v) is 5.91. The summed E-state index contributed by atoms with van der Waals surface area (Å²) in [5, 5.41) is 0.931. The van der Waals surface area contributed by atoms with E-state index in [2.05, 4.69) is 13.8 Å². The van der Waals surface area contributed by atoms with Crippen molar-refractivity contribution in [1.82, 2.24) is 14.5 Å². The highest BCUT2D eigenvalue weighted by Gasteiger charge is 2.29. The molecule has 0 aliphatic carbocycles. The lowest BCUT2D eigenvalue weighted by Crippen LogP contribution is -2.39. The highest BCUT2D eigenvalue weighted by molar-refractivity contribution is 6.33. The minimum Gasteiger partial charge on any atom is -0.328 e. The number of halogens is 1. The normalized spacial score (nSPS) is 12.2. The molecule has 1 aromatic heterocycles. The van der Waals surface area contributed by atoms with Crippen molar-refractivity contribution in [3.63, 3.8) is 0 Å². The number of hydrogen-bond acceptors (Lipinski definition) is 3. The number of carbonyl (C=O) groups is 1. The lowest BCUT2D eigenvalue weighted by atomic mass is 10.1. The van der Waals surface area contributed by atoms with Gasteiger partial charge in [-0.2, -0.15) is 0 Å². The summed E-state index contributed by atoms with van der Waals surface area (Å²) >= 11 is 6.36. The number of hydrogen-bond donors (Lipinski definition) is 0. The molecule has 0 aliphatic heterocycles. The Hall–Kier alpha value is -3.44. The molecular weight excluding hydrogens is 434 g/mol. The molecular formula is C27H26ClN3O2. The van der Waals surface area contributed by atoms with Gasteiger partial charge in [0.2, 0.25) is 0 Å². The summed E-state index contributed by atoms with van der Waals surface area (Å²) in [7, 11) is 0. The molecule has 168 valence electrons. The molecule has 0 fully saturated rings. The zero-order valence-electron chi connectivity index (χ0n) is 18.9. The molecule has 4 aromatic rings. The highest BCUT2D eigenvalue weighted by Crippen LogP contribution is 2.27. The minimum absolute atomic E-state index is 0.164. The van der Waals surface area contributed by atoms with Crippen molar-refractivity contribution in [2.24, 2.45) is 5.92 Å². The van der Waals surface area contributed by atoms with E-state index in [1.165, 1.54) is 0 Å². The SMILES string of the molecule is CC(C)CN(C(=O)c1ccccc1Cl)C(C)c1nc2ccccc2c(=O)n1-c1ccccc1. The lowest BCUT2D eigenvalue weighted by molar-refractivity contribution is 0.0655. The zero-order chi connectivity index (χ0) is 23.5. The third-order valence-electron chi connectivity index (χ3n) is 5.58. The van der Waals surface area contributed by atoms with Crippen LogP contribution in [0.3, 0.4) is 0 Å². The number of carbonyl (C=O) groups excluding carboxylic acids is 1. The van der Waals surface area contributed by atoms with Gasteiger partial charge in [-0.1, -0.05) is 67.9 Å². The maximum atomic E-state index is 13.6. The number of rotatable bonds is 6. The van der Waals surface area contributed by atoms with Crippen molar-refractivity contribution in [3.8, 4) is 5.69 Å². The molecule has 0 saturated carbocycles. The van der Waals surface area contributed by atoms with Crippen molar-refractivity contribution in [1.29, 1.82) is 0 Å². The van der Waals surface area contributed by atoms with Gasteiger partial charge in [0.15, 0.2) is 0 Å². The third kappa shape index (κ3) is 4.55. The Morgan fingerprint density at radius 3 is 2.27 bits per heavy atom. The first-order valence-corrected chi connectivity index (χ1v) is 11.4. The molecule has 0 radical (unpaired) electrons. The zero-order valence-corrected chi connectivity index (χ0v) is 19.7. The summed E-state index contributed by atoms with van der Waals surface area (Å²) in [6.45, 7) is 6.51. The summed E-state index contributed by atoms with van der Waals surface area (Å²) < 4.78 is 1.61. The molecule has 3 aromatic carbocycles. The van der Waals surface area contributed by atoms with Gasteiger partial charge >= 0.3 is 0 Å². The summed E-state index contributed by atoms with van der Waals surface area (Å²) in [5.41, 5.74) is 1.58. The molecule has 0 spiro atoms. The van der Waals surface area contributed by atoms with Crippen LogP contribution in [-0.4, -0.2) is 26.9 Å². The van der Waals surface area contributed by atoms with Gasteiger partial charge in [-0.3, -0.25) is 14.2 Å². The van der Waals surface area contributed by atoms with E-state index in [9.17, 15) is 9.59 Å². The van der Waals surface area contributed by atoms with E-state index in [0.717, 1.165) is 0 Å². The Morgan fingerprint density at radius 1 is 0.939 bits per heavy atom. The molecule has 0 N–H and O–H groups in total. The number of amides is 1. The Labute approximate surface area is 198 Å². The summed E-state index contributed by atoms with van der Waals surface area (Å²) in [4.78, 5) is 33.9. The predicted octanol–water partition coefficient (Wildman–Crippen LogP) is 5.90. The van der Waals surface area contributed by atoms with E-state index in [-0.39, 0.29) is 17.4 Å². The van der Waals surface area contributed by atoms with Crippen molar-refractivity contribution in [2.45, 2.75) is 26.8 Å². The van der Waals surface area contributed by atoms with Gasteiger partial charge < -0.3 is 4.90 Å². The van der Waals surface area contributed by atoms with Crippen LogP contribution in [-0.2, 0) is 0 Å². The van der Waals surface area contributed by atoms with Gasteiger partial charge in [0.25, 0.3) is 11.5 Å². The standard InChI is InChI=1S/C27H26ClN3O2/c1-18(2)17-30(26(32)21-13-7-9-15-23(21)28)19(3)25-29-24-16-10-8-14-22(24)27(33)31(25)20-11-5-4-6-12-20/h4-16,18-19H,17H2,1-3H3. The van der Waals surface area contributed by atoms with Crippen LogP contribution >= 0.6 is 11.6 Å². The highest BCUT2D eigenvalue weighted by atomic mass is 35.5. The number of para-hydroxylation sites is 2. The van der Waals surface area contributed by atoms with E-state index in [1.54, 1.807) is 39.8 Å². The molecule has 0 bridgehead atoms. The number of benzene rings is 3. The topological polar surface area (TPSA) is 55.2 Å². The number of fused-ring (bicyclic) bond motifs is 1. The molecule has 1 heterocycles. The van der Waals surface area contributed by atoms with E-state index in [4.69, 9.17) is 16.6 Å². The molecule has 1 unspecified atom stereocenters. The van der Waals surface area contributed by atoms with Crippen LogP contribution < -0.4 is 5.56 Å². The molecule has 1 amide bonds. The van der Waals surface area contributed by atoms with Crippen LogP contribution in [0.1, 0.15) is 43.0 Å². The second kappa shape index (κ2) is 9.59. The monoisotopic (exact) mass is 459 g/mol. The Kier molecular flexibility index (Phi) is 6.61. The van der Waals surface area contributed by atoms with Crippen LogP contribution in [0.25, 0.3) is 16.6 Å². The van der Waals surface area contributed by atoms with E-state index in [0.29, 0.717) is 39.5 Å². The van der Waals surface area contributed by atoms with Crippen LogP contribution in [0, 0.1) is 5.92 Å². The minimum atomic E-state index is -0.478. The fourth-order valence-corrected chi connectivity index (χ4v) is 4.21. The second-order valence-electron chi connectivity index (χ2n) is 8.47. The van der Waals surface area contributed by atoms with Crippen LogP contribution in [0.2, 0.25) is 5.02 Å². The van der Waals surface area contributed by atoms with Crippen molar-refractivity contribution < 1.29 is 4.79 Å². The molecule has 0 aliphatic rings. The molecule has 1 atom stereocenters. The Bertz CT molecular complexity index is 1350. The van der Waals surface area contributed by atoms with Crippen molar-refractivity contribution >= 4 is 28.4 Å². The summed E-state index contributed by atoms with van der Waals surface area (Å²) in [6, 6.07) is 23.2. The molecule has 4 rings (SSSR count). The fraction of sp³-hybridized carbons (Fsp3) is 0.222. The second-order valence-corrected chi connectivity index (χ2v) is 8.88. The van der Waals surface area contributed by atoms with Gasteiger partial charge in [-0.25, -0.2) is 4.98 Å². The van der Waals surface area contributed by atoms with Crippen molar-refractivity contribution in [2.75, 3.05) is 6.54 Å². The molecule has 33 heavy (non-hydrogen) atoms. The predicted molar refractivity (Wildman–Crippen MR) is 133 cm³/mol. The Morgan fingerprint density at radius 2 is 1.58 bits per heavy atom. The molecule has 0 saturated heterocycles.